The number of likely N-dealkylation sites (tertiary alicyclic amines) is 1. The summed E-state index contributed by atoms with van der Waals surface area (Å²) in [7, 11) is 0. The maximum atomic E-state index is 12.6. The first-order chi connectivity index (χ1) is 11.6. The van der Waals surface area contributed by atoms with Crippen LogP contribution in [-0.2, 0) is 4.79 Å². The summed E-state index contributed by atoms with van der Waals surface area (Å²) < 4.78 is 0. The molecular formula is C18H22N4O2. The third kappa shape index (κ3) is 3.37. The molecule has 126 valence electrons. The van der Waals surface area contributed by atoms with E-state index >= 15 is 0 Å². The molecule has 1 fully saturated rings. The topological polar surface area (TPSA) is 75.2 Å². The van der Waals surface area contributed by atoms with Gasteiger partial charge in [-0.15, -0.1) is 0 Å². The molecule has 2 heterocycles. The largest absolute Gasteiger partial charge is 0.339 e. The number of para-hydroxylation sites is 2. The van der Waals surface area contributed by atoms with Gasteiger partial charge >= 0.3 is 0 Å². The number of fused-ring (bicyclic) bond motifs is 1. The summed E-state index contributed by atoms with van der Waals surface area (Å²) in [6.45, 7) is 4.53. The van der Waals surface area contributed by atoms with Crippen molar-refractivity contribution in [3.63, 3.8) is 0 Å². The molecule has 2 amide bonds. The highest BCUT2D eigenvalue weighted by atomic mass is 16.2. The van der Waals surface area contributed by atoms with E-state index in [1.54, 1.807) is 6.92 Å². The smallest absolute Gasteiger partial charge is 0.272 e. The molecule has 6 heteroatoms. The standard InChI is InChI=1S/C18H22N4O2/c1-12-7-5-6-10-22(12)18(24)13(2)20-17(23)16-11-19-14-8-3-4-9-15(14)21-16/h3-4,8-9,11-13H,5-7,10H2,1-2H3,(H,20,23)/t12-,13-/m1/s1. The maximum absolute atomic E-state index is 12.6. The molecule has 1 aromatic heterocycles. The molecule has 0 saturated carbocycles. The molecule has 6 nitrogen and oxygen atoms in total. The van der Waals surface area contributed by atoms with E-state index in [2.05, 4.69) is 22.2 Å². The number of amides is 2. The Morgan fingerprint density at radius 1 is 1.25 bits per heavy atom. The van der Waals surface area contributed by atoms with Crippen LogP contribution in [0.4, 0.5) is 0 Å². The zero-order chi connectivity index (χ0) is 17.1. The van der Waals surface area contributed by atoms with E-state index in [0.29, 0.717) is 5.52 Å². The fourth-order valence-electron chi connectivity index (χ4n) is 3.07. The van der Waals surface area contributed by atoms with Gasteiger partial charge in [-0.05, 0) is 45.2 Å². The molecular weight excluding hydrogens is 304 g/mol. The van der Waals surface area contributed by atoms with Gasteiger partial charge in [0.2, 0.25) is 5.91 Å². The van der Waals surface area contributed by atoms with E-state index in [-0.39, 0.29) is 23.6 Å². The fraction of sp³-hybridized carbons (Fsp3) is 0.444. The van der Waals surface area contributed by atoms with E-state index < -0.39 is 6.04 Å². The van der Waals surface area contributed by atoms with Crippen molar-refractivity contribution in [2.45, 2.75) is 45.2 Å². The number of benzene rings is 1. The lowest BCUT2D eigenvalue weighted by atomic mass is 10.0. The zero-order valence-corrected chi connectivity index (χ0v) is 14.0. The Bertz CT molecular complexity index is 762. The molecule has 1 aromatic carbocycles. The number of nitrogens with one attached hydrogen (secondary N) is 1. The van der Waals surface area contributed by atoms with E-state index in [1.807, 2.05) is 29.2 Å². The monoisotopic (exact) mass is 326 g/mol. The summed E-state index contributed by atoms with van der Waals surface area (Å²) in [6, 6.07) is 7.02. The summed E-state index contributed by atoms with van der Waals surface area (Å²) in [4.78, 5) is 35.4. The lowest BCUT2D eigenvalue weighted by molar-refractivity contribution is -0.136. The van der Waals surface area contributed by atoms with Gasteiger partial charge in [0.05, 0.1) is 17.2 Å². The minimum absolute atomic E-state index is 0.0377. The summed E-state index contributed by atoms with van der Waals surface area (Å²) in [5.41, 5.74) is 1.62. The molecule has 24 heavy (non-hydrogen) atoms. The van der Waals surface area contributed by atoms with Gasteiger partial charge in [0.15, 0.2) is 0 Å². The molecule has 0 bridgehead atoms. The summed E-state index contributed by atoms with van der Waals surface area (Å²) in [5.74, 6) is -0.414. The van der Waals surface area contributed by atoms with Crippen molar-refractivity contribution in [1.29, 1.82) is 0 Å². The lowest BCUT2D eigenvalue weighted by Crippen LogP contribution is -2.51. The Morgan fingerprint density at radius 2 is 2.00 bits per heavy atom. The van der Waals surface area contributed by atoms with Crippen LogP contribution >= 0.6 is 0 Å². The van der Waals surface area contributed by atoms with E-state index in [0.717, 1.165) is 31.3 Å². The van der Waals surface area contributed by atoms with Gasteiger partial charge in [-0.25, -0.2) is 4.98 Å². The minimum atomic E-state index is -0.577. The zero-order valence-electron chi connectivity index (χ0n) is 14.0. The van der Waals surface area contributed by atoms with Gasteiger partial charge in [-0.2, -0.15) is 0 Å². The van der Waals surface area contributed by atoms with Gasteiger partial charge in [0.1, 0.15) is 11.7 Å². The predicted octanol–water partition coefficient (Wildman–Crippen LogP) is 2.15. The average molecular weight is 326 g/mol. The van der Waals surface area contributed by atoms with Crippen molar-refractivity contribution in [2.75, 3.05) is 6.54 Å². The third-order valence-electron chi connectivity index (χ3n) is 4.49. The van der Waals surface area contributed by atoms with Gasteiger partial charge in [-0.3, -0.25) is 14.6 Å². The number of rotatable bonds is 3. The van der Waals surface area contributed by atoms with Crippen molar-refractivity contribution in [3.8, 4) is 0 Å². The van der Waals surface area contributed by atoms with Crippen LogP contribution in [0.1, 0.15) is 43.6 Å². The van der Waals surface area contributed by atoms with Crippen molar-refractivity contribution < 1.29 is 9.59 Å². The predicted molar refractivity (Wildman–Crippen MR) is 91.5 cm³/mol. The minimum Gasteiger partial charge on any atom is -0.339 e. The van der Waals surface area contributed by atoms with Crippen LogP contribution in [0.5, 0.6) is 0 Å². The molecule has 0 radical (unpaired) electrons. The fourth-order valence-corrected chi connectivity index (χ4v) is 3.07. The molecule has 3 rings (SSSR count). The number of aromatic nitrogens is 2. The Kier molecular flexibility index (Phi) is 4.74. The highest BCUT2D eigenvalue weighted by Crippen LogP contribution is 2.17. The molecule has 0 unspecified atom stereocenters. The van der Waals surface area contributed by atoms with Crippen molar-refractivity contribution in [3.05, 3.63) is 36.2 Å². The molecule has 0 spiro atoms. The lowest BCUT2D eigenvalue weighted by Gasteiger charge is -2.35. The van der Waals surface area contributed by atoms with Crippen molar-refractivity contribution in [2.24, 2.45) is 0 Å². The quantitative estimate of drug-likeness (QED) is 0.938. The number of carbonyl (C=O) groups excluding carboxylic acids is 2. The van der Waals surface area contributed by atoms with Crippen molar-refractivity contribution >= 4 is 22.8 Å². The Morgan fingerprint density at radius 3 is 2.75 bits per heavy atom. The van der Waals surface area contributed by atoms with Crippen LogP contribution in [-0.4, -0.2) is 45.3 Å². The molecule has 1 aliphatic rings. The number of carbonyl (C=O) groups is 2. The van der Waals surface area contributed by atoms with Crippen LogP contribution in [0.15, 0.2) is 30.5 Å². The SMILES string of the molecule is C[C@@H]1CCCCN1C(=O)[C@@H](C)NC(=O)c1cnc2ccccc2n1. The van der Waals surface area contributed by atoms with E-state index in [9.17, 15) is 9.59 Å². The van der Waals surface area contributed by atoms with Crippen LogP contribution in [0.3, 0.4) is 0 Å². The van der Waals surface area contributed by atoms with Gasteiger partial charge in [0.25, 0.3) is 5.91 Å². The van der Waals surface area contributed by atoms with Crippen LogP contribution in [0, 0.1) is 0 Å². The first-order valence-electron chi connectivity index (χ1n) is 8.39. The summed E-state index contributed by atoms with van der Waals surface area (Å²) in [5, 5.41) is 2.75. The molecule has 2 atom stereocenters. The first kappa shape index (κ1) is 16.4. The second-order valence-corrected chi connectivity index (χ2v) is 6.32. The van der Waals surface area contributed by atoms with E-state index in [1.165, 1.54) is 6.20 Å². The van der Waals surface area contributed by atoms with E-state index in [4.69, 9.17) is 0 Å². The Balaban J connectivity index is 1.69. The highest BCUT2D eigenvalue weighted by Gasteiger charge is 2.28. The number of piperidine rings is 1. The first-order valence-corrected chi connectivity index (χ1v) is 8.39. The van der Waals surface area contributed by atoms with Crippen LogP contribution < -0.4 is 5.32 Å². The third-order valence-corrected chi connectivity index (χ3v) is 4.49. The number of nitrogens with zero attached hydrogens (tertiary/aromatic N) is 3. The second kappa shape index (κ2) is 6.95. The van der Waals surface area contributed by atoms with Gasteiger partial charge in [-0.1, -0.05) is 12.1 Å². The normalized spacial score (nSPS) is 19.1. The summed E-state index contributed by atoms with van der Waals surface area (Å²) >= 11 is 0. The van der Waals surface area contributed by atoms with Crippen LogP contribution in [0.25, 0.3) is 11.0 Å². The number of hydrogen-bond donors (Lipinski definition) is 1. The average Bonchev–Trinajstić information content (AvgIpc) is 2.61. The van der Waals surface area contributed by atoms with Crippen molar-refractivity contribution in [1.82, 2.24) is 20.2 Å². The molecule has 1 N–H and O–H groups in total. The molecule has 1 aliphatic heterocycles. The summed E-state index contributed by atoms with van der Waals surface area (Å²) in [6.07, 6.45) is 4.63. The number of hydrogen-bond acceptors (Lipinski definition) is 4. The molecule has 1 saturated heterocycles. The van der Waals surface area contributed by atoms with Gasteiger partial charge < -0.3 is 10.2 Å². The second-order valence-electron chi connectivity index (χ2n) is 6.32. The highest BCUT2D eigenvalue weighted by molar-refractivity contribution is 5.97. The molecule has 0 aliphatic carbocycles. The molecule has 2 aromatic rings. The van der Waals surface area contributed by atoms with Gasteiger partial charge in [0, 0.05) is 12.6 Å². The van der Waals surface area contributed by atoms with Crippen LogP contribution in [0.2, 0.25) is 0 Å². The maximum Gasteiger partial charge on any atom is 0.272 e. The Labute approximate surface area is 141 Å². The Hall–Kier alpha value is -2.50.